The Morgan fingerprint density at radius 1 is 0.429 bits per heavy atom. The van der Waals surface area contributed by atoms with Crippen LogP contribution >= 0.6 is 23.2 Å². The molecule has 278 valence electrons. The highest BCUT2D eigenvalue weighted by molar-refractivity contribution is 6.33. The molecule has 0 N–H and O–H groups in total. The van der Waals surface area contributed by atoms with Crippen molar-refractivity contribution in [3.63, 3.8) is 0 Å². The smallest absolute Gasteiger partial charge is 0.221 e. The van der Waals surface area contributed by atoms with Gasteiger partial charge >= 0.3 is 0 Å². The highest BCUT2D eigenvalue weighted by Gasteiger charge is 2.31. The van der Waals surface area contributed by atoms with Crippen molar-refractivity contribution in [3.8, 4) is 91.1 Å². The molecule has 0 saturated carbocycles. The summed E-state index contributed by atoms with van der Waals surface area (Å²) in [5, 5.41) is 1.04. The summed E-state index contributed by atoms with van der Waals surface area (Å²) in [7, 11) is 6.61. The standard InChI is InChI=1S/C46H36Cl2N4O4/c1-53-33-17-9-13-29(25-33)41-44(32-16-12-20-36(28-32)56-4)52(45(49-41)37-21-5-6-22-38(37)47)46-50-42(30-14-10-18-34(26-30)54-2)43(31-15-11-19-35(27-31)55-3)51(46)40-24-8-7-23-39(40)48/h5-28H,1-4H3. The fourth-order valence-corrected chi connectivity index (χ4v) is 7.31. The van der Waals surface area contributed by atoms with Crippen LogP contribution in [0.15, 0.2) is 146 Å². The number of nitrogens with zero attached hydrogens (tertiary/aromatic N) is 4. The molecule has 0 fully saturated rings. The topological polar surface area (TPSA) is 72.6 Å². The molecule has 0 atom stereocenters. The third-order valence-corrected chi connectivity index (χ3v) is 10.2. The van der Waals surface area contributed by atoms with Crippen molar-refractivity contribution in [2.75, 3.05) is 28.4 Å². The Bertz CT molecular complexity index is 2700. The minimum absolute atomic E-state index is 0.503. The Labute approximate surface area is 335 Å². The van der Waals surface area contributed by atoms with Gasteiger partial charge < -0.3 is 18.9 Å². The molecule has 56 heavy (non-hydrogen) atoms. The van der Waals surface area contributed by atoms with Gasteiger partial charge in [-0.05, 0) is 72.8 Å². The van der Waals surface area contributed by atoms with Crippen molar-refractivity contribution in [2.45, 2.75) is 0 Å². The first kappa shape index (κ1) is 36.5. The zero-order valence-electron chi connectivity index (χ0n) is 31.0. The van der Waals surface area contributed by atoms with E-state index in [1.54, 1.807) is 28.4 Å². The normalized spacial score (nSPS) is 11.0. The number of benzene rings is 6. The van der Waals surface area contributed by atoms with Gasteiger partial charge in [0.1, 0.15) is 28.8 Å². The van der Waals surface area contributed by atoms with Crippen LogP contribution in [0.2, 0.25) is 10.0 Å². The minimum atomic E-state index is 0.503. The Morgan fingerprint density at radius 2 is 0.857 bits per heavy atom. The van der Waals surface area contributed by atoms with E-state index < -0.39 is 0 Å². The number of halogens is 2. The predicted octanol–water partition coefficient (Wildman–Crippen LogP) is 11.7. The summed E-state index contributed by atoms with van der Waals surface area (Å²) >= 11 is 14.3. The molecule has 8 nitrogen and oxygen atoms in total. The lowest BCUT2D eigenvalue weighted by atomic mass is 10.0. The quantitative estimate of drug-likeness (QED) is 0.130. The average molecular weight is 780 g/mol. The molecule has 0 unspecified atom stereocenters. The predicted molar refractivity (Wildman–Crippen MR) is 224 cm³/mol. The number of ether oxygens (including phenoxy) is 4. The Hall–Kier alpha value is -6.48. The van der Waals surface area contributed by atoms with Crippen LogP contribution in [0.25, 0.3) is 68.1 Å². The molecule has 8 rings (SSSR count). The highest BCUT2D eigenvalue weighted by Crippen LogP contribution is 2.45. The molecule has 0 amide bonds. The van der Waals surface area contributed by atoms with Crippen LogP contribution in [0.4, 0.5) is 0 Å². The van der Waals surface area contributed by atoms with Crippen LogP contribution in [0.5, 0.6) is 23.0 Å². The molecule has 2 aromatic heterocycles. The molecule has 8 aromatic rings. The van der Waals surface area contributed by atoms with E-state index in [-0.39, 0.29) is 0 Å². The van der Waals surface area contributed by atoms with Crippen LogP contribution in [-0.4, -0.2) is 47.5 Å². The summed E-state index contributed by atoms with van der Waals surface area (Å²) in [6.07, 6.45) is 0. The van der Waals surface area contributed by atoms with E-state index >= 15 is 0 Å². The van der Waals surface area contributed by atoms with Gasteiger partial charge in [0.2, 0.25) is 5.95 Å². The summed E-state index contributed by atoms with van der Waals surface area (Å²) in [5.41, 5.74) is 7.56. The van der Waals surface area contributed by atoms with Crippen LogP contribution in [-0.2, 0) is 0 Å². The molecular formula is C46H36Cl2N4O4. The second-order valence-electron chi connectivity index (χ2n) is 12.8. The van der Waals surface area contributed by atoms with Gasteiger partial charge in [-0.25, -0.2) is 9.97 Å². The lowest BCUT2D eigenvalue weighted by Gasteiger charge is -2.19. The zero-order chi connectivity index (χ0) is 38.8. The van der Waals surface area contributed by atoms with E-state index in [4.69, 9.17) is 52.1 Å². The fourth-order valence-electron chi connectivity index (χ4n) is 6.87. The molecule has 0 aliphatic carbocycles. The van der Waals surface area contributed by atoms with Gasteiger partial charge in [0.25, 0.3) is 0 Å². The number of hydrogen-bond donors (Lipinski definition) is 0. The van der Waals surface area contributed by atoms with Crippen molar-refractivity contribution < 1.29 is 18.9 Å². The maximum atomic E-state index is 7.18. The molecule has 0 bridgehead atoms. The molecule has 10 heteroatoms. The summed E-state index contributed by atoms with van der Waals surface area (Å²) in [5.74, 6) is 3.79. The Morgan fingerprint density at radius 3 is 1.36 bits per heavy atom. The second kappa shape index (κ2) is 15.7. The number of para-hydroxylation sites is 1. The Balaban J connectivity index is 1.61. The lowest BCUT2D eigenvalue weighted by molar-refractivity contribution is 0.415. The Kier molecular flexibility index (Phi) is 10.2. The first-order valence-corrected chi connectivity index (χ1v) is 18.5. The highest BCUT2D eigenvalue weighted by atomic mass is 35.5. The molecule has 6 aromatic carbocycles. The van der Waals surface area contributed by atoms with E-state index in [0.29, 0.717) is 67.5 Å². The van der Waals surface area contributed by atoms with Gasteiger partial charge in [-0.2, -0.15) is 0 Å². The summed E-state index contributed by atoms with van der Waals surface area (Å²) in [6.45, 7) is 0. The van der Waals surface area contributed by atoms with E-state index in [1.807, 2.05) is 146 Å². The third kappa shape index (κ3) is 6.74. The summed E-state index contributed by atoms with van der Waals surface area (Å²) < 4.78 is 27.1. The van der Waals surface area contributed by atoms with Gasteiger partial charge in [-0.3, -0.25) is 9.13 Å². The molecule has 0 aliphatic heterocycles. The molecule has 0 aliphatic rings. The van der Waals surface area contributed by atoms with Crippen molar-refractivity contribution in [3.05, 3.63) is 156 Å². The van der Waals surface area contributed by atoms with Gasteiger partial charge in [0, 0.05) is 27.8 Å². The van der Waals surface area contributed by atoms with Crippen molar-refractivity contribution in [1.29, 1.82) is 0 Å². The molecular weight excluding hydrogens is 743 g/mol. The van der Waals surface area contributed by atoms with E-state index in [0.717, 1.165) is 33.6 Å². The maximum Gasteiger partial charge on any atom is 0.221 e. The zero-order valence-corrected chi connectivity index (χ0v) is 32.5. The first-order valence-electron chi connectivity index (χ1n) is 17.8. The largest absolute Gasteiger partial charge is 0.497 e. The number of hydrogen-bond acceptors (Lipinski definition) is 6. The number of imidazole rings is 2. The second-order valence-corrected chi connectivity index (χ2v) is 13.6. The number of methoxy groups -OCH3 is 4. The van der Waals surface area contributed by atoms with Gasteiger partial charge in [-0.15, -0.1) is 0 Å². The van der Waals surface area contributed by atoms with Crippen LogP contribution in [0.3, 0.4) is 0 Å². The number of aromatic nitrogens is 4. The lowest BCUT2D eigenvalue weighted by Crippen LogP contribution is -2.10. The summed E-state index contributed by atoms with van der Waals surface area (Å²) in [6, 6.07) is 46.9. The maximum absolute atomic E-state index is 7.18. The van der Waals surface area contributed by atoms with Crippen LogP contribution in [0, 0.1) is 0 Å². The molecule has 0 spiro atoms. The monoisotopic (exact) mass is 778 g/mol. The minimum Gasteiger partial charge on any atom is -0.497 e. The SMILES string of the molecule is COc1cccc(-c2nc(-c3ccccc3Cl)n(-c3nc(-c4cccc(OC)c4)c(-c4cccc(OC)c4)n3-c3ccccc3Cl)c2-c2cccc(OC)c2)c1. The van der Waals surface area contributed by atoms with Crippen molar-refractivity contribution in [1.82, 2.24) is 19.1 Å². The molecule has 0 radical (unpaired) electrons. The van der Waals surface area contributed by atoms with Crippen molar-refractivity contribution in [2.24, 2.45) is 0 Å². The molecule has 2 heterocycles. The summed E-state index contributed by atoms with van der Waals surface area (Å²) in [4.78, 5) is 11.0. The number of rotatable bonds is 11. The fraction of sp³-hybridized carbons (Fsp3) is 0.0870. The third-order valence-electron chi connectivity index (χ3n) is 9.52. The van der Waals surface area contributed by atoms with Gasteiger partial charge in [0.05, 0.1) is 66.9 Å². The molecule has 0 saturated heterocycles. The van der Waals surface area contributed by atoms with Crippen molar-refractivity contribution >= 4 is 23.2 Å². The van der Waals surface area contributed by atoms with E-state index in [1.165, 1.54) is 0 Å². The van der Waals surface area contributed by atoms with Crippen LogP contribution < -0.4 is 18.9 Å². The first-order chi connectivity index (χ1) is 27.4. The van der Waals surface area contributed by atoms with Gasteiger partial charge in [0.15, 0.2) is 0 Å². The van der Waals surface area contributed by atoms with E-state index in [2.05, 4.69) is 9.13 Å². The van der Waals surface area contributed by atoms with E-state index in [9.17, 15) is 0 Å². The average Bonchev–Trinajstić information content (AvgIpc) is 3.84. The van der Waals surface area contributed by atoms with Gasteiger partial charge in [-0.1, -0.05) is 96.0 Å². The van der Waals surface area contributed by atoms with Crippen LogP contribution in [0.1, 0.15) is 0 Å².